The summed E-state index contributed by atoms with van der Waals surface area (Å²) in [6, 6.07) is 16.1. The minimum absolute atomic E-state index is 0.0132. The van der Waals surface area contributed by atoms with E-state index in [-0.39, 0.29) is 24.2 Å². The maximum absolute atomic E-state index is 12.9. The van der Waals surface area contributed by atoms with Crippen LogP contribution >= 0.6 is 0 Å². The molecule has 5 nitrogen and oxygen atoms in total. The molecule has 1 N–H and O–H groups in total. The fraction of sp³-hybridized carbons (Fsp3) is 0.440. The average Bonchev–Trinajstić information content (AvgIpc) is 3.44. The molecule has 4 rings (SSSR count). The number of hydrogen-bond acceptors (Lipinski definition) is 3. The Morgan fingerprint density at radius 2 is 1.73 bits per heavy atom. The molecule has 0 aliphatic carbocycles. The Kier molecular flexibility index (Phi) is 6.07. The van der Waals surface area contributed by atoms with Crippen LogP contribution in [-0.2, 0) is 9.59 Å². The van der Waals surface area contributed by atoms with Gasteiger partial charge in [-0.05, 0) is 61.1 Å². The van der Waals surface area contributed by atoms with Gasteiger partial charge in [0.1, 0.15) is 0 Å². The van der Waals surface area contributed by atoms with E-state index in [0.29, 0.717) is 12.5 Å². The summed E-state index contributed by atoms with van der Waals surface area (Å²) in [5, 5.41) is 3.08. The van der Waals surface area contributed by atoms with Crippen molar-refractivity contribution in [1.29, 1.82) is 0 Å². The highest BCUT2D eigenvalue weighted by Gasteiger charge is 2.35. The van der Waals surface area contributed by atoms with Crippen LogP contribution in [0.25, 0.3) is 0 Å². The third-order valence-corrected chi connectivity index (χ3v) is 6.49. The smallest absolute Gasteiger partial charge is 0.229 e. The van der Waals surface area contributed by atoms with Crippen LogP contribution in [0.1, 0.15) is 51.0 Å². The molecule has 0 saturated carbocycles. The van der Waals surface area contributed by atoms with Crippen molar-refractivity contribution < 1.29 is 9.59 Å². The van der Waals surface area contributed by atoms with Crippen LogP contribution in [0.2, 0.25) is 0 Å². The molecule has 2 amide bonds. The number of nitrogens with one attached hydrogen (secondary N) is 1. The Balaban J connectivity index is 1.43. The molecule has 30 heavy (non-hydrogen) atoms. The Morgan fingerprint density at radius 3 is 2.43 bits per heavy atom. The predicted octanol–water partition coefficient (Wildman–Crippen LogP) is 4.79. The van der Waals surface area contributed by atoms with Gasteiger partial charge in [-0.15, -0.1) is 0 Å². The fourth-order valence-corrected chi connectivity index (χ4v) is 4.45. The molecule has 2 aromatic rings. The van der Waals surface area contributed by atoms with Crippen molar-refractivity contribution in [2.75, 3.05) is 34.8 Å². The molecule has 2 unspecified atom stereocenters. The summed E-state index contributed by atoms with van der Waals surface area (Å²) in [6.45, 7) is 6.94. The monoisotopic (exact) mass is 405 g/mol. The van der Waals surface area contributed by atoms with Gasteiger partial charge in [-0.2, -0.15) is 0 Å². The zero-order valence-electron chi connectivity index (χ0n) is 17.9. The fourth-order valence-electron chi connectivity index (χ4n) is 4.45. The zero-order chi connectivity index (χ0) is 21.1. The van der Waals surface area contributed by atoms with E-state index in [4.69, 9.17) is 0 Å². The lowest BCUT2D eigenvalue weighted by Gasteiger charge is -2.21. The molecule has 2 fully saturated rings. The van der Waals surface area contributed by atoms with Crippen LogP contribution in [0.3, 0.4) is 0 Å². The number of nitrogens with zero attached hydrogens (tertiary/aromatic N) is 2. The number of hydrogen-bond donors (Lipinski definition) is 1. The van der Waals surface area contributed by atoms with Crippen LogP contribution in [0, 0.1) is 5.92 Å². The van der Waals surface area contributed by atoms with E-state index in [2.05, 4.69) is 42.3 Å². The number of rotatable bonds is 6. The molecule has 2 saturated heterocycles. The third-order valence-electron chi connectivity index (χ3n) is 6.49. The first-order valence-corrected chi connectivity index (χ1v) is 11.1. The lowest BCUT2D eigenvalue weighted by atomic mass is 9.96. The van der Waals surface area contributed by atoms with Crippen molar-refractivity contribution >= 4 is 28.9 Å². The first-order valence-electron chi connectivity index (χ1n) is 11.1. The van der Waals surface area contributed by atoms with Gasteiger partial charge in [0.05, 0.1) is 5.92 Å². The Bertz CT molecular complexity index is 903. The molecule has 2 aromatic carbocycles. The first kappa shape index (κ1) is 20.5. The molecule has 2 aliphatic heterocycles. The van der Waals surface area contributed by atoms with Gasteiger partial charge in [0.25, 0.3) is 0 Å². The largest absolute Gasteiger partial charge is 0.372 e. The molecule has 0 bridgehead atoms. The second-order valence-electron chi connectivity index (χ2n) is 8.50. The van der Waals surface area contributed by atoms with Crippen LogP contribution in [0.5, 0.6) is 0 Å². The number of anilines is 3. The van der Waals surface area contributed by atoms with Crippen LogP contribution in [0.15, 0.2) is 48.5 Å². The maximum atomic E-state index is 12.9. The highest BCUT2D eigenvalue weighted by atomic mass is 16.2. The number of benzene rings is 2. The highest BCUT2D eigenvalue weighted by molar-refractivity contribution is 6.03. The van der Waals surface area contributed by atoms with Crippen LogP contribution in [0.4, 0.5) is 17.1 Å². The predicted molar refractivity (Wildman–Crippen MR) is 122 cm³/mol. The lowest BCUT2D eigenvalue weighted by molar-refractivity contribution is -0.122. The Labute approximate surface area is 179 Å². The summed E-state index contributed by atoms with van der Waals surface area (Å²) in [5.74, 6) is -0.0207. The van der Waals surface area contributed by atoms with Crippen molar-refractivity contribution in [2.24, 2.45) is 5.92 Å². The van der Waals surface area contributed by atoms with E-state index in [1.807, 2.05) is 30.3 Å². The van der Waals surface area contributed by atoms with Gasteiger partial charge in [0, 0.05) is 43.1 Å². The Hall–Kier alpha value is -2.82. The van der Waals surface area contributed by atoms with E-state index in [0.717, 1.165) is 36.4 Å². The summed E-state index contributed by atoms with van der Waals surface area (Å²) in [6.07, 6.45) is 3.74. The summed E-state index contributed by atoms with van der Waals surface area (Å²) in [5.41, 5.74) is 4.09. The standard InChI is InChI=1S/C25H31N3O2/c1-3-18(2)22-8-4-5-9-23(22)26-25(30)19-16-24(29)28(17-19)21-12-10-20(11-13-21)27-14-6-7-15-27/h4-5,8-13,18-19H,3,6-7,14-17H2,1-2H3,(H,26,30). The van der Waals surface area contributed by atoms with E-state index in [9.17, 15) is 9.59 Å². The zero-order valence-corrected chi connectivity index (χ0v) is 17.9. The minimum Gasteiger partial charge on any atom is -0.372 e. The van der Waals surface area contributed by atoms with Gasteiger partial charge < -0.3 is 15.1 Å². The molecule has 158 valence electrons. The molecule has 5 heteroatoms. The second-order valence-corrected chi connectivity index (χ2v) is 8.50. The molecule has 2 heterocycles. The number of amides is 2. The van der Waals surface area contributed by atoms with Crippen molar-refractivity contribution in [1.82, 2.24) is 0 Å². The SMILES string of the molecule is CCC(C)c1ccccc1NC(=O)C1CC(=O)N(c2ccc(N3CCCC3)cc2)C1. The van der Waals surface area contributed by atoms with Gasteiger partial charge in [0.15, 0.2) is 0 Å². The molecule has 0 radical (unpaired) electrons. The molecule has 0 spiro atoms. The van der Waals surface area contributed by atoms with Gasteiger partial charge in [-0.25, -0.2) is 0 Å². The van der Waals surface area contributed by atoms with Gasteiger partial charge in [-0.3, -0.25) is 9.59 Å². The Morgan fingerprint density at radius 1 is 1.07 bits per heavy atom. The van der Waals surface area contributed by atoms with Crippen molar-refractivity contribution in [2.45, 2.75) is 45.4 Å². The van der Waals surface area contributed by atoms with E-state index < -0.39 is 0 Å². The van der Waals surface area contributed by atoms with E-state index in [1.165, 1.54) is 18.5 Å². The van der Waals surface area contributed by atoms with Crippen molar-refractivity contribution in [3.8, 4) is 0 Å². The van der Waals surface area contributed by atoms with Crippen molar-refractivity contribution in [3.63, 3.8) is 0 Å². The number of carbonyl (C=O) groups is 2. The van der Waals surface area contributed by atoms with Crippen molar-refractivity contribution in [3.05, 3.63) is 54.1 Å². The first-order chi connectivity index (χ1) is 14.6. The lowest BCUT2D eigenvalue weighted by Crippen LogP contribution is -2.28. The maximum Gasteiger partial charge on any atom is 0.229 e. The van der Waals surface area contributed by atoms with Gasteiger partial charge in [-0.1, -0.05) is 32.0 Å². The third kappa shape index (κ3) is 4.20. The van der Waals surface area contributed by atoms with Crippen LogP contribution in [-0.4, -0.2) is 31.4 Å². The summed E-state index contributed by atoms with van der Waals surface area (Å²) in [7, 11) is 0. The minimum atomic E-state index is -0.333. The number of carbonyl (C=O) groups excluding carboxylic acids is 2. The quantitative estimate of drug-likeness (QED) is 0.752. The molecule has 2 atom stereocenters. The molecule has 2 aliphatic rings. The topological polar surface area (TPSA) is 52.7 Å². The summed E-state index contributed by atoms with van der Waals surface area (Å²) in [4.78, 5) is 29.7. The second kappa shape index (κ2) is 8.90. The molecular weight excluding hydrogens is 374 g/mol. The number of para-hydroxylation sites is 1. The van der Waals surface area contributed by atoms with Gasteiger partial charge in [0.2, 0.25) is 11.8 Å². The van der Waals surface area contributed by atoms with E-state index >= 15 is 0 Å². The van der Waals surface area contributed by atoms with Crippen LogP contribution < -0.4 is 15.1 Å². The normalized spacial score (nSPS) is 19.9. The summed E-state index contributed by atoms with van der Waals surface area (Å²) < 4.78 is 0. The van der Waals surface area contributed by atoms with E-state index in [1.54, 1.807) is 4.90 Å². The van der Waals surface area contributed by atoms with Gasteiger partial charge >= 0.3 is 0 Å². The summed E-state index contributed by atoms with van der Waals surface area (Å²) >= 11 is 0. The highest BCUT2D eigenvalue weighted by Crippen LogP contribution is 2.31. The average molecular weight is 406 g/mol. The molecule has 0 aromatic heterocycles. The molecular formula is C25H31N3O2.